The third-order valence-electron chi connectivity index (χ3n) is 6.64. The van der Waals surface area contributed by atoms with Crippen LogP contribution in [-0.4, -0.2) is 23.2 Å². The van der Waals surface area contributed by atoms with Crippen LogP contribution in [0.3, 0.4) is 0 Å². The Kier molecular flexibility index (Phi) is 6.68. The SMILES string of the molecule is CC[C@@H](C)c1ccc(OCCOc2ccc(-c3nc4sc5c(c4c(=O)[nH]3)CCCC5)cc2)cc1. The van der Waals surface area contributed by atoms with Gasteiger partial charge in [-0.3, -0.25) is 4.79 Å². The Labute approximate surface area is 203 Å². The molecule has 0 amide bonds. The molecule has 0 bridgehead atoms. The molecule has 5 nitrogen and oxygen atoms in total. The third kappa shape index (κ3) is 4.73. The molecule has 1 aliphatic rings. The Morgan fingerprint density at radius 3 is 2.29 bits per heavy atom. The highest BCUT2D eigenvalue weighted by molar-refractivity contribution is 7.18. The van der Waals surface area contributed by atoms with Gasteiger partial charge in [0.25, 0.3) is 5.56 Å². The summed E-state index contributed by atoms with van der Waals surface area (Å²) in [6.07, 6.45) is 5.52. The zero-order valence-electron chi connectivity index (χ0n) is 19.7. The highest BCUT2D eigenvalue weighted by Crippen LogP contribution is 2.34. The highest BCUT2D eigenvalue weighted by Gasteiger charge is 2.20. The van der Waals surface area contributed by atoms with Crippen molar-refractivity contribution in [3.05, 3.63) is 74.9 Å². The number of hydrogen-bond donors (Lipinski definition) is 1. The number of aromatic amines is 1. The van der Waals surface area contributed by atoms with E-state index in [2.05, 4.69) is 31.0 Å². The molecular formula is C28H30N2O3S. The molecule has 176 valence electrons. The number of H-pyrrole nitrogens is 1. The van der Waals surface area contributed by atoms with Gasteiger partial charge in [-0.1, -0.05) is 26.0 Å². The molecule has 0 unspecified atom stereocenters. The van der Waals surface area contributed by atoms with Crippen LogP contribution < -0.4 is 15.0 Å². The molecule has 0 saturated heterocycles. The summed E-state index contributed by atoms with van der Waals surface area (Å²) in [4.78, 5) is 22.7. The number of benzene rings is 2. The standard InChI is InChI=1S/C28H30N2O3S/c1-3-18(2)19-8-12-21(13-9-19)32-16-17-33-22-14-10-20(11-15-22)26-29-27(31)25-23-6-4-5-7-24(23)34-28(25)30-26/h8-15,18H,3-7,16-17H2,1-2H3,(H,29,30,31)/t18-/m1/s1. The first-order valence-electron chi connectivity index (χ1n) is 12.1. The van der Waals surface area contributed by atoms with Crippen molar-refractivity contribution in [2.75, 3.05) is 13.2 Å². The fourth-order valence-corrected chi connectivity index (χ4v) is 5.72. The van der Waals surface area contributed by atoms with Gasteiger partial charge in [0.05, 0.1) is 5.39 Å². The predicted molar refractivity (Wildman–Crippen MR) is 138 cm³/mol. The molecule has 0 spiro atoms. The van der Waals surface area contributed by atoms with Crippen molar-refractivity contribution in [3.63, 3.8) is 0 Å². The number of thiophene rings is 1. The lowest BCUT2D eigenvalue weighted by Gasteiger charge is -2.11. The molecule has 1 atom stereocenters. The van der Waals surface area contributed by atoms with Crippen LogP contribution in [0.5, 0.6) is 11.5 Å². The van der Waals surface area contributed by atoms with E-state index in [1.165, 1.54) is 22.4 Å². The Morgan fingerprint density at radius 2 is 1.62 bits per heavy atom. The first kappa shape index (κ1) is 22.7. The van der Waals surface area contributed by atoms with Gasteiger partial charge in [0.2, 0.25) is 0 Å². The lowest BCUT2D eigenvalue weighted by atomic mass is 9.97. The molecule has 1 aliphatic carbocycles. The molecular weight excluding hydrogens is 444 g/mol. The molecule has 0 saturated carbocycles. The summed E-state index contributed by atoms with van der Waals surface area (Å²) in [5.41, 5.74) is 3.38. The maximum Gasteiger partial charge on any atom is 0.260 e. The molecule has 4 aromatic rings. The second-order valence-electron chi connectivity index (χ2n) is 8.91. The average molecular weight is 475 g/mol. The molecule has 2 aromatic heterocycles. The van der Waals surface area contributed by atoms with Gasteiger partial charge >= 0.3 is 0 Å². The maximum atomic E-state index is 12.8. The van der Waals surface area contributed by atoms with Crippen molar-refractivity contribution >= 4 is 21.6 Å². The van der Waals surface area contributed by atoms with Gasteiger partial charge in [0.1, 0.15) is 35.4 Å². The van der Waals surface area contributed by atoms with Gasteiger partial charge < -0.3 is 14.5 Å². The lowest BCUT2D eigenvalue weighted by Crippen LogP contribution is -2.11. The zero-order valence-corrected chi connectivity index (χ0v) is 20.5. The molecule has 2 aromatic carbocycles. The van der Waals surface area contributed by atoms with E-state index < -0.39 is 0 Å². The molecule has 0 radical (unpaired) electrons. The second-order valence-corrected chi connectivity index (χ2v) is 9.99. The fourth-order valence-electron chi connectivity index (χ4n) is 4.46. The minimum absolute atomic E-state index is 0.0333. The van der Waals surface area contributed by atoms with Gasteiger partial charge in [-0.25, -0.2) is 4.98 Å². The average Bonchev–Trinajstić information content (AvgIpc) is 3.26. The number of nitrogens with one attached hydrogen (secondary N) is 1. The van der Waals surface area contributed by atoms with Crippen LogP contribution in [0.25, 0.3) is 21.6 Å². The normalized spacial score (nSPS) is 14.1. The van der Waals surface area contributed by atoms with Crippen molar-refractivity contribution in [2.24, 2.45) is 0 Å². The molecule has 2 heterocycles. The van der Waals surface area contributed by atoms with E-state index in [1.807, 2.05) is 36.4 Å². The zero-order chi connectivity index (χ0) is 23.5. The van der Waals surface area contributed by atoms with E-state index in [0.717, 1.165) is 53.0 Å². The summed E-state index contributed by atoms with van der Waals surface area (Å²) >= 11 is 1.67. The summed E-state index contributed by atoms with van der Waals surface area (Å²) in [6.45, 7) is 5.35. The second kappa shape index (κ2) is 10.0. The Morgan fingerprint density at radius 1 is 0.971 bits per heavy atom. The van der Waals surface area contributed by atoms with Crippen molar-refractivity contribution < 1.29 is 9.47 Å². The van der Waals surface area contributed by atoms with Crippen molar-refractivity contribution in [3.8, 4) is 22.9 Å². The smallest absolute Gasteiger partial charge is 0.260 e. The van der Waals surface area contributed by atoms with Crippen LogP contribution in [0, 0.1) is 0 Å². The summed E-state index contributed by atoms with van der Waals surface area (Å²) in [6, 6.07) is 16.0. The van der Waals surface area contributed by atoms with Crippen LogP contribution in [0.2, 0.25) is 0 Å². The first-order chi connectivity index (χ1) is 16.6. The molecule has 6 heteroatoms. The van der Waals surface area contributed by atoms with E-state index in [-0.39, 0.29) is 5.56 Å². The molecule has 34 heavy (non-hydrogen) atoms. The van der Waals surface area contributed by atoms with Crippen LogP contribution in [0.4, 0.5) is 0 Å². The van der Waals surface area contributed by atoms with Crippen molar-refractivity contribution in [2.45, 2.75) is 51.9 Å². The first-order valence-corrected chi connectivity index (χ1v) is 12.9. The largest absolute Gasteiger partial charge is 0.490 e. The number of hydrogen-bond acceptors (Lipinski definition) is 5. The number of aromatic nitrogens is 2. The quantitative estimate of drug-likeness (QED) is 0.296. The summed E-state index contributed by atoms with van der Waals surface area (Å²) < 4.78 is 11.6. The number of ether oxygens (including phenoxy) is 2. The summed E-state index contributed by atoms with van der Waals surface area (Å²) in [5, 5.41) is 0.790. The fraction of sp³-hybridized carbons (Fsp3) is 0.357. The topological polar surface area (TPSA) is 64.2 Å². The van der Waals surface area contributed by atoms with Crippen LogP contribution in [0.15, 0.2) is 53.3 Å². The van der Waals surface area contributed by atoms with Gasteiger partial charge in [-0.15, -0.1) is 11.3 Å². The van der Waals surface area contributed by atoms with E-state index in [0.29, 0.717) is 25.0 Å². The number of aryl methyl sites for hydroxylation is 2. The molecule has 5 rings (SSSR count). The monoisotopic (exact) mass is 474 g/mol. The lowest BCUT2D eigenvalue weighted by molar-refractivity contribution is 0.217. The van der Waals surface area contributed by atoms with Crippen LogP contribution >= 0.6 is 11.3 Å². The summed E-state index contributed by atoms with van der Waals surface area (Å²) in [5.74, 6) is 2.78. The van der Waals surface area contributed by atoms with Crippen molar-refractivity contribution in [1.29, 1.82) is 0 Å². The molecule has 0 fully saturated rings. The Balaban J connectivity index is 1.19. The van der Waals surface area contributed by atoms with E-state index in [9.17, 15) is 4.79 Å². The number of rotatable bonds is 8. The summed E-state index contributed by atoms with van der Waals surface area (Å²) in [7, 11) is 0. The van der Waals surface area contributed by atoms with Crippen LogP contribution in [-0.2, 0) is 12.8 Å². The van der Waals surface area contributed by atoms with Crippen LogP contribution in [0.1, 0.15) is 55.0 Å². The predicted octanol–water partition coefficient (Wildman–Crippen LogP) is 6.50. The van der Waals surface area contributed by atoms with E-state index >= 15 is 0 Å². The van der Waals surface area contributed by atoms with Gasteiger partial charge in [0.15, 0.2) is 0 Å². The minimum atomic E-state index is -0.0333. The number of fused-ring (bicyclic) bond motifs is 3. The van der Waals surface area contributed by atoms with E-state index in [4.69, 9.17) is 14.5 Å². The minimum Gasteiger partial charge on any atom is -0.490 e. The highest BCUT2D eigenvalue weighted by atomic mass is 32.1. The van der Waals surface area contributed by atoms with Gasteiger partial charge in [-0.05, 0) is 85.5 Å². The molecule has 0 aliphatic heterocycles. The number of nitrogens with zero attached hydrogens (tertiary/aromatic N) is 1. The van der Waals surface area contributed by atoms with Crippen molar-refractivity contribution in [1.82, 2.24) is 9.97 Å². The van der Waals surface area contributed by atoms with E-state index in [1.54, 1.807) is 11.3 Å². The van der Waals surface area contributed by atoms with Gasteiger partial charge in [0, 0.05) is 10.4 Å². The Bertz CT molecular complexity index is 1320. The maximum absolute atomic E-state index is 12.8. The third-order valence-corrected chi connectivity index (χ3v) is 7.82. The Hall–Kier alpha value is -3.12. The molecule has 1 N–H and O–H groups in total. The van der Waals surface area contributed by atoms with Gasteiger partial charge in [-0.2, -0.15) is 0 Å².